The van der Waals surface area contributed by atoms with E-state index in [9.17, 15) is 19.2 Å². The quantitative estimate of drug-likeness (QED) is 0.199. The number of carboxylic acids is 1. The van der Waals surface area contributed by atoms with Crippen molar-refractivity contribution in [3.8, 4) is 0 Å². The number of benzene rings is 2. The second-order valence-corrected chi connectivity index (χ2v) is 9.72. The Balaban J connectivity index is 1.74. The van der Waals surface area contributed by atoms with Crippen LogP contribution in [0.4, 0.5) is 0 Å². The van der Waals surface area contributed by atoms with Gasteiger partial charge in [-0.2, -0.15) is 0 Å². The zero-order chi connectivity index (χ0) is 27.7. The maximum atomic E-state index is 13.4. The highest BCUT2D eigenvalue weighted by atomic mass is 16.4. The number of H-pyrrole nitrogens is 1. The Labute approximate surface area is 221 Å². The van der Waals surface area contributed by atoms with Crippen molar-refractivity contribution in [2.75, 3.05) is 6.54 Å². The van der Waals surface area contributed by atoms with Crippen molar-refractivity contribution >= 4 is 34.6 Å². The smallest absolute Gasteiger partial charge is 0.322 e. The predicted molar refractivity (Wildman–Crippen MR) is 144 cm³/mol. The lowest BCUT2D eigenvalue weighted by Crippen LogP contribution is -2.57. The molecule has 7 N–H and O–H groups in total. The number of carboxylic acid groups (broad SMARTS) is 1. The van der Waals surface area contributed by atoms with Gasteiger partial charge in [-0.15, -0.1) is 0 Å². The normalized spacial score (nSPS) is 13.5. The summed E-state index contributed by atoms with van der Waals surface area (Å²) in [5.74, 6) is -2.80. The van der Waals surface area contributed by atoms with Crippen molar-refractivity contribution in [2.45, 2.75) is 51.2 Å². The third kappa shape index (κ3) is 8.17. The molecule has 0 saturated carbocycles. The Hall–Kier alpha value is -4.18. The maximum absolute atomic E-state index is 13.4. The minimum atomic E-state index is -1.19. The molecule has 0 fully saturated rings. The second kappa shape index (κ2) is 13.4. The number of amides is 3. The van der Waals surface area contributed by atoms with Crippen LogP contribution in [0.5, 0.6) is 0 Å². The number of rotatable bonds is 13. The van der Waals surface area contributed by atoms with Crippen LogP contribution in [-0.2, 0) is 32.0 Å². The van der Waals surface area contributed by atoms with E-state index in [2.05, 4.69) is 20.9 Å². The van der Waals surface area contributed by atoms with Crippen LogP contribution < -0.4 is 21.7 Å². The van der Waals surface area contributed by atoms with Gasteiger partial charge in [0.05, 0.1) is 6.04 Å². The third-order valence-corrected chi connectivity index (χ3v) is 6.12. The summed E-state index contributed by atoms with van der Waals surface area (Å²) in [5, 5.41) is 17.6. The molecule has 3 amide bonds. The highest BCUT2D eigenvalue weighted by Gasteiger charge is 2.29. The van der Waals surface area contributed by atoms with Gasteiger partial charge >= 0.3 is 5.97 Å². The number of hydrogen-bond donors (Lipinski definition) is 6. The standard InChI is InChI=1S/C28H35N5O5/c1-17(2)12-23(27(37)31-16-25(34)35)33-28(38)24(13-18-8-4-3-5-9-18)32-26(36)21(29)14-19-15-30-22-11-7-6-10-20(19)22/h3-11,15,17,21,23-24,30H,12-14,16,29H2,1-2H3,(H,31,37)(H,32,36)(H,33,38)(H,34,35). The van der Waals surface area contributed by atoms with Crippen LogP contribution in [0, 0.1) is 5.92 Å². The fourth-order valence-corrected chi connectivity index (χ4v) is 4.23. The van der Waals surface area contributed by atoms with Gasteiger partial charge in [-0.1, -0.05) is 62.4 Å². The van der Waals surface area contributed by atoms with E-state index in [1.807, 2.05) is 74.6 Å². The van der Waals surface area contributed by atoms with Gasteiger partial charge in [0.1, 0.15) is 18.6 Å². The lowest BCUT2D eigenvalue weighted by Gasteiger charge is -2.25. The molecule has 0 spiro atoms. The van der Waals surface area contributed by atoms with Gasteiger partial charge in [-0.05, 0) is 36.0 Å². The average molecular weight is 522 g/mol. The first-order valence-corrected chi connectivity index (χ1v) is 12.6. The number of nitrogens with two attached hydrogens (primary N) is 1. The van der Waals surface area contributed by atoms with E-state index >= 15 is 0 Å². The molecule has 0 radical (unpaired) electrons. The van der Waals surface area contributed by atoms with Crippen LogP contribution in [0.25, 0.3) is 10.9 Å². The first-order chi connectivity index (χ1) is 18.1. The van der Waals surface area contributed by atoms with Gasteiger partial charge in [-0.25, -0.2) is 0 Å². The van der Waals surface area contributed by atoms with Crippen LogP contribution >= 0.6 is 0 Å². The van der Waals surface area contributed by atoms with E-state index in [4.69, 9.17) is 10.8 Å². The highest BCUT2D eigenvalue weighted by Crippen LogP contribution is 2.19. The minimum Gasteiger partial charge on any atom is -0.480 e. The van der Waals surface area contributed by atoms with Gasteiger partial charge < -0.3 is 31.8 Å². The first kappa shape index (κ1) is 28.4. The Morgan fingerprint density at radius 1 is 0.868 bits per heavy atom. The van der Waals surface area contributed by atoms with Gasteiger partial charge in [0, 0.05) is 23.5 Å². The van der Waals surface area contributed by atoms with Crippen LogP contribution in [0.2, 0.25) is 0 Å². The summed E-state index contributed by atoms with van der Waals surface area (Å²) < 4.78 is 0. The van der Waals surface area contributed by atoms with E-state index < -0.39 is 48.4 Å². The zero-order valence-corrected chi connectivity index (χ0v) is 21.6. The summed E-state index contributed by atoms with van der Waals surface area (Å²) in [6.45, 7) is 3.21. The molecule has 0 aliphatic rings. The molecule has 0 aliphatic heterocycles. The van der Waals surface area contributed by atoms with E-state index in [-0.39, 0.29) is 18.8 Å². The number of hydrogen-bond acceptors (Lipinski definition) is 5. The third-order valence-electron chi connectivity index (χ3n) is 6.12. The number of carbonyl (C=O) groups excluding carboxylic acids is 3. The van der Waals surface area contributed by atoms with Crippen LogP contribution in [0.15, 0.2) is 60.8 Å². The highest BCUT2D eigenvalue weighted by molar-refractivity contribution is 5.94. The van der Waals surface area contributed by atoms with Gasteiger partial charge in [0.15, 0.2) is 0 Å². The van der Waals surface area contributed by atoms with Crippen LogP contribution in [0.1, 0.15) is 31.4 Å². The van der Waals surface area contributed by atoms with Crippen molar-refractivity contribution in [3.05, 3.63) is 71.9 Å². The van der Waals surface area contributed by atoms with Gasteiger partial charge in [0.2, 0.25) is 17.7 Å². The average Bonchev–Trinajstić information content (AvgIpc) is 3.29. The van der Waals surface area contributed by atoms with E-state index in [0.29, 0.717) is 6.42 Å². The van der Waals surface area contributed by atoms with Crippen molar-refractivity contribution in [2.24, 2.45) is 11.7 Å². The molecule has 3 atom stereocenters. The SMILES string of the molecule is CC(C)CC(NC(=O)C(Cc1ccccc1)NC(=O)C(N)Cc1c[nH]c2ccccc12)C(=O)NCC(=O)O. The number of aromatic amines is 1. The number of aliphatic carboxylic acids is 1. The Morgan fingerprint density at radius 2 is 1.53 bits per heavy atom. The molecule has 0 aliphatic carbocycles. The number of carbonyl (C=O) groups is 4. The summed E-state index contributed by atoms with van der Waals surface area (Å²) in [7, 11) is 0. The number of fused-ring (bicyclic) bond motifs is 1. The summed E-state index contributed by atoms with van der Waals surface area (Å²) in [4.78, 5) is 53.1. The van der Waals surface area contributed by atoms with E-state index in [1.54, 1.807) is 0 Å². The summed E-state index contributed by atoms with van der Waals surface area (Å²) in [5.41, 5.74) is 8.89. The van der Waals surface area contributed by atoms with Crippen molar-refractivity contribution in [3.63, 3.8) is 0 Å². The molecule has 10 nitrogen and oxygen atoms in total. The molecule has 3 unspecified atom stereocenters. The van der Waals surface area contributed by atoms with Crippen molar-refractivity contribution < 1.29 is 24.3 Å². The maximum Gasteiger partial charge on any atom is 0.322 e. The lowest BCUT2D eigenvalue weighted by molar-refractivity contribution is -0.138. The van der Waals surface area contributed by atoms with Gasteiger partial charge in [0.25, 0.3) is 0 Å². The molecule has 0 saturated heterocycles. The summed E-state index contributed by atoms with van der Waals surface area (Å²) in [6.07, 6.45) is 2.56. The fraction of sp³-hybridized carbons (Fsp3) is 0.357. The topological polar surface area (TPSA) is 166 Å². The molecular formula is C28H35N5O5. The van der Waals surface area contributed by atoms with Crippen molar-refractivity contribution in [1.82, 2.24) is 20.9 Å². The van der Waals surface area contributed by atoms with E-state index in [1.165, 1.54) is 0 Å². The molecular weight excluding hydrogens is 486 g/mol. The first-order valence-electron chi connectivity index (χ1n) is 12.6. The molecule has 38 heavy (non-hydrogen) atoms. The van der Waals surface area contributed by atoms with Crippen LogP contribution in [-0.4, -0.2) is 58.5 Å². The number of nitrogens with one attached hydrogen (secondary N) is 4. The zero-order valence-electron chi connectivity index (χ0n) is 21.6. The van der Waals surface area contributed by atoms with E-state index in [0.717, 1.165) is 22.0 Å². The molecule has 3 rings (SSSR count). The van der Waals surface area contributed by atoms with Crippen LogP contribution in [0.3, 0.4) is 0 Å². The Bertz CT molecular complexity index is 1260. The minimum absolute atomic E-state index is 0.0441. The summed E-state index contributed by atoms with van der Waals surface area (Å²) >= 11 is 0. The second-order valence-electron chi connectivity index (χ2n) is 9.72. The monoisotopic (exact) mass is 521 g/mol. The van der Waals surface area contributed by atoms with Crippen molar-refractivity contribution in [1.29, 1.82) is 0 Å². The number of aromatic nitrogens is 1. The Kier molecular flexibility index (Phi) is 10.0. The molecule has 1 aromatic heterocycles. The lowest BCUT2D eigenvalue weighted by atomic mass is 10.0. The molecule has 10 heteroatoms. The molecule has 202 valence electrons. The molecule has 3 aromatic rings. The molecule has 2 aromatic carbocycles. The number of para-hydroxylation sites is 1. The summed E-state index contributed by atoms with van der Waals surface area (Å²) in [6, 6.07) is 14.0. The molecule has 1 heterocycles. The van der Waals surface area contributed by atoms with Gasteiger partial charge in [-0.3, -0.25) is 19.2 Å². The predicted octanol–water partition coefficient (Wildman–Crippen LogP) is 1.50. The Morgan fingerprint density at radius 3 is 2.21 bits per heavy atom. The largest absolute Gasteiger partial charge is 0.480 e. The molecule has 0 bridgehead atoms. The fourth-order valence-electron chi connectivity index (χ4n) is 4.23.